The summed E-state index contributed by atoms with van der Waals surface area (Å²) < 4.78 is 10.0. The van der Waals surface area contributed by atoms with E-state index >= 15 is 0 Å². The molecule has 0 aliphatic carbocycles. The standard InChI is InChI=1S/C20H24N2O6S3/c1-7-27-18(25)14(10(4)23)30-17-13-9(3)12(6)29-16(13)21-20(22-17)31-15(11(5)24)19(26)28-8-2/h14-15H,7-8H2,1-6H3/t14-,15+/m0/s1. The monoisotopic (exact) mass is 484 g/mol. The van der Waals surface area contributed by atoms with E-state index in [1.54, 1.807) is 13.8 Å². The quantitative estimate of drug-likeness (QED) is 0.163. The highest BCUT2D eigenvalue weighted by atomic mass is 32.2. The Morgan fingerprint density at radius 2 is 1.42 bits per heavy atom. The van der Waals surface area contributed by atoms with E-state index in [1.807, 2.05) is 13.8 Å². The van der Waals surface area contributed by atoms with Gasteiger partial charge in [-0.05, 0) is 47.1 Å². The number of thiophene rings is 1. The minimum absolute atomic E-state index is 0.146. The van der Waals surface area contributed by atoms with Gasteiger partial charge in [-0.15, -0.1) is 11.3 Å². The molecule has 0 amide bonds. The van der Waals surface area contributed by atoms with E-state index in [0.29, 0.717) is 9.86 Å². The highest BCUT2D eigenvalue weighted by Crippen LogP contribution is 2.39. The van der Waals surface area contributed by atoms with Crippen molar-refractivity contribution in [3.05, 3.63) is 10.4 Å². The van der Waals surface area contributed by atoms with E-state index in [0.717, 1.165) is 39.4 Å². The highest BCUT2D eigenvalue weighted by Gasteiger charge is 2.31. The summed E-state index contributed by atoms with van der Waals surface area (Å²) in [6, 6.07) is 0. The van der Waals surface area contributed by atoms with Crippen molar-refractivity contribution in [1.82, 2.24) is 9.97 Å². The Kier molecular flexibility index (Phi) is 9.01. The van der Waals surface area contributed by atoms with Crippen LogP contribution in [0.5, 0.6) is 0 Å². The lowest BCUT2D eigenvalue weighted by molar-refractivity contribution is -0.145. The summed E-state index contributed by atoms with van der Waals surface area (Å²) in [6.45, 7) is 10.1. The third kappa shape index (κ3) is 6.05. The van der Waals surface area contributed by atoms with Crippen molar-refractivity contribution in [2.75, 3.05) is 13.2 Å². The van der Waals surface area contributed by atoms with Crippen molar-refractivity contribution in [1.29, 1.82) is 0 Å². The number of nitrogens with zero attached hydrogens (tertiary/aromatic N) is 2. The molecule has 2 aromatic heterocycles. The van der Waals surface area contributed by atoms with Crippen LogP contribution < -0.4 is 0 Å². The van der Waals surface area contributed by atoms with Gasteiger partial charge in [0.2, 0.25) is 0 Å². The van der Waals surface area contributed by atoms with Crippen LogP contribution in [0, 0.1) is 13.8 Å². The maximum atomic E-state index is 12.3. The van der Waals surface area contributed by atoms with Gasteiger partial charge in [0.05, 0.1) is 13.2 Å². The number of thioether (sulfide) groups is 2. The Hall–Kier alpha value is -1.98. The van der Waals surface area contributed by atoms with Crippen LogP contribution in [0.25, 0.3) is 10.2 Å². The highest BCUT2D eigenvalue weighted by molar-refractivity contribution is 8.02. The molecule has 168 valence electrons. The molecule has 0 aromatic carbocycles. The zero-order chi connectivity index (χ0) is 23.3. The number of rotatable bonds is 10. The Labute approximate surface area is 192 Å². The maximum Gasteiger partial charge on any atom is 0.327 e. The second kappa shape index (κ2) is 11.1. The van der Waals surface area contributed by atoms with Crippen LogP contribution in [-0.4, -0.2) is 57.2 Å². The Morgan fingerprint density at radius 1 is 0.903 bits per heavy atom. The van der Waals surface area contributed by atoms with Gasteiger partial charge in [-0.1, -0.05) is 23.5 Å². The summed E-state index contributed by atoms with van der Waals surface area (Å²) in [7, 11) is 0. The van der Waals surface area contributed by atoms with Gasteiger partial charge in [0.1, 0.15) is 9.86 Å². The summed E-state index contributed by atoms with van der Waals surface area (Å²) in [5.41, 5.74) is 0.943. The minimum Gasteiger partial charge on any atom is -0.465 e. The Balaban J connectivity index is 2.54. The molecule has 2 rings (SSSR count). The normalized spacial score (nSPS) is 13.0. The fourth-order valence-electron chi connectivity index (χ4n) is 2.58. The lowest BCUT2D eigenvalue weighted by atomic mass is 10.2. The molecular formula is C20H24N2O6S3. The van der Waals surface area contributed by atoms with Crippen molar-refractivity contribution in [2.24, 2.45) is 0 Å². The largest absolute Gasteiger partial charge is 0.465 e. The number of hydrogen-bond donors (Lipinski definition) is 0. The van der Waals surface area contributed by atoms with Crippen molar-refractivity contribution in [3.63, 3.8) is 0 Å². The van der Waals surface area contributed by atoms with Gasteiger partial charge in [0.15, 0.2) is 27.2 Å². The van der Waals surface area contributed by atoms with Crippen molar-refractivity contribution < 1.29 is 28.7 Å². The molecule has 2 aromatic rings. The molecule has 0 aliphatic rings. The topological polar surface area (TPSA) is 113 Å². The number of hydrogen-bond acceptors (Lipinski definition) is 11. The Morgan fingerprint density at radius 3 is 1.90 bits per heavy atom. The van der Waals surface area contributed by atoms with Crippen LogP contribution in [0.4, 0.5) is 0 Å². The Bertz CT molecular complexity index is 1020. The molecule has 0 radical (unpaired) electrons. The molecular weight excluding hydrogens is 460 g/mol. The molecule has 11 heteroatoms. The van der Waals surface area contributed by atoms with Gasteiger partial charge < -0.3 is 9.47 Å². The number of ketones is 2. The predicted octanol–water partition coefficient (Wildman–Crippen LogP) is 3.53. The summed E-state index contributed by atoms with van der Waals surface area (Å²) >= 11 is 3.31. The number of aryl methyl sites for hydroxylation is 2. The number of carbonyl (C=O) groups excluding carboxylic acids is 4. The summed E-state index contributed by atoms with van der Waals surface area (Å²) in [5.74, 6) is -2.04. The van der Waals surface area contributed by atoms with E-state index in [-0.39, 0.29) is 29.9 Å². The molecule has 0 bridgehead atoms. The lowest BCUT2D eigenvalue weighted by Gasteiger charge is -2.14. The van der Waals surface area contributed by atoms with E-state index < -0.39 is 22.4 Å². The average molecular weight is 485 g/mol. The first kappa shape index (κ1) is 25.3. The van der Waals surface area contributed by atoms with Gasteiger partial charge in [-0.2, -0.15) is 0 Å². The smallest absolute Gasteiger partial charge is 0.327 e. The number of fused-ring (bicyclic) bond motifs is 1. The molecule has 8 nitrogen and oxygen atoms in total. The van der Waals surface area contributed by atoms with Crippen LogP contribution in [0.15, 0.2) is 10.2 Å². The molecule has 0 unspecified atom stereocenters. The molecule has 0 fully saturated rings. The van der Waals surface area contributed by atoms with Gasteiger partial charge in [0, 0.05) is 10.3 Å². The van der Waals surface area contributed by atoms with Crippen LogP contribution in [0.1, 0.15) is 38.1 Å². The van der Waals surface area contributed by atoms with Crippen LogP contribution in [0.3, 0.4) is 0 Å². The first-order valence-corrected chi connectivity index (χ1v) is 12.1. The third-order valence-corrected chi connectivity index (χ3v) is 7.70. The van der Waals surface area contributed by atoms with Gasteiger partial charge in [0.25, 0.3) is 0 Å². The van der Waals surface area contributed by atoms with Crippen molar-refractivity contribution in [3.8, 4) is 0 Å². The molecule has 2 atom stereocenters. The number of aromatic nitrogens is 2. The van der Waals surface area contributed by atoms with Crippen molar-refractivity contribution >= 4 is 68.6 Å². The zero-order valence-corrected chi connectivity index (χ0v) is 20.6. The number of Topliss-reactive ketones (excluding diaryl/α,β-unsaturated/α-hetero) is 2. The minimum atomic E-state index is -1.11. The third-order valence-electron chi connectivity index (χ3n) is 4.17. The van der Waals surface area contributed by atoms with E-state index in [9.17, 15) is 19.2 Å². The summed E-state index contributed by atoms with van der Waals surface area (Å²) in [6.07, 6.45) is 0. The fraction of sp³-hybridized carbons (Fsp3) is 0.500. The second-order valence-corrected chi connectivity index (χ2v) is 9.87. The van der Waals surface area contributed by atoms with E-state index in [1.165, 1.54) is 25.2 Å². The average Bonchev–Trinajstić information content (AvgIpc) is 2.97. The van der Waals surface area contributed by atoms with E-state index in [4.69, 9.17) is 9.47 Å². The lowest BCUT2D eigenvalue weighted by Crippen LogP contribution is -2.28. The number of esters is 2. The first-order chi connectivity index (χ1) is 14.6. The molecule has 31 heavy (non-hydrogen) atoms. The predicted molar refractivity (Wildman–Crippen MR) is 121 cm³/mol. The van der Waals surface area contributed by atoms with Crippen LogP contribution >= 0.6 is 34.9 Å². The molecule has 0 aliphatic heterocycles. The molecule has 0 spiro atoms. The molecule has 0 saturated carbocycles. The summed E-state index contributed by atoms with van der Waals surface area (Å²) in [5, 5.41) is -0.831. The van der Waals surface area contributed by atoms with Crippen LogP contribution in [0.2, 0.25) is 0 Å². The summed E-state index contributed by atoms with van der Waals surface area (Å²) in [4.78, 5) is 59.3. The molecule has 2 heterocycles. The SMILES string of the molecule is CCOC(=O)[C@H](Sc1nc(S[C@@H](C(C)=O)C(=O)OCC)c2c(C)c(C)sc2n1)C(C)=O. The molecule has 0 saturated heterocycles. The number of carbonyl (C=O) groups is 4. The van der Waals surface area contributed by atoms with Crippen LogP contribution in [-0.2, 0) is 28.7 Å². The first-order valence-electron chi connectivity index (χ1n) is 9.55. The zero-order valence-electron chi connectivity index (χ0n) is 18.1. The molecule has 0 N–H and O–H groups in total. The van der Waals surface area contributed by atoms with Gasteiger partial charge >= 0.3 is 11.9 Å². The maximum absolute atomic E-state index is 12.3. The second-order valence-electron chi connectivity index (χ2n) is 6.50. The fourth-order valence-corrected chi connectivity index (χ4v) is 5.68. The van der Waals surface area contributed by atoms with E-state index in [2.05, 4.69) is 9.97 Å². The number of ether oxygens (including phenoxy) is 2. The van der Waals surface area contributed by atoms with Gasteiger partial charge in [-0.3, -0.25) is 19.2 Å². The van der Waals surface area contributed by atoms with Crippen molar-refractivity contribution in [2.45, 2.75) is 62.2 Å². The van der Waals surface area contributed by atoms with Gasteiger partial charge in [-0.25, -0.2) is 9.97 Å².